The molecule has 0 N–H and O–H groups in total. The number of benzene rings is 3. The van der Waals surface area contributed by atoms with Gasteiger partial charge < -0.3 is 9.30 Å². The minimum Gasteiger partial charge on any atom is -0.462 e. The third-order valence-electron chi connectivity index (χ3n) is 5.12. The Morgan fingerprint density at radius 1 is 0.839 bits per heavy atom. The second-order valence-corrected chi connectivity index (χ2v) is 7.00. The second kappa shape index (κ2) is 7.91. The highest BCUT2D eigenvalue weighted by Crippen LogP contribution is 2.37. The number of ether oxygens (including phenoxy) is 1. The molecule has 4 rings (SSSR count). The van der Waals surface area contributed by atoms with Gasteiger partial charge in [-0.3, -0.25) is 0 Å². The maximum Gasteiger partial charge on any atom is 0.338 e. The van der Waals surface area contributed by atoms with Crippen LogP contribution < -0.4 is 0 Å². The van der Waals surface area contributed by atoms with Gasteiger partial charge in [0, 0.05) is 24.1 Å². The van der Waals surface area contributed by atoms with E-state index in [1.54, 1.807) is 25.3 Å². The summed E-state index contributed by atoms with van der Waals surface area (Å²) in [6, 6.07) is 11.2. The number of esters is 1. The van der Waals surface area contributed by atoms with Crippen LogP contribution in [0.3, 0.4) is 0 Å². The smallest absolute Gasteiger partial charge is 0.338 e. The number of aryl methyl sites for hydroxylation is 1. The predicted molar refractivity (Wildman–Crippen MR) is 110 cm³/mol. The predicted octanol–water partition coefficient (Wildman–Crippen LogP) is 6.25. The fraction of sp³-hybridized carbons (Fsp3) is 0.125. The first-order chi connectivity index (χ1) is 14.8. The number of hydrogen-bond donors (Lipinski definition) is 0. The molecule has 1 heterocycles. The van der Waals surface area contributed by atoms with Crippen LogP contribution in [0.15, 0.2) is 54.7 Å². The Labute approximate surface area is 175 Å². The second-order valence-electron chi connectivity index (χ2n) is 7.00. The minimum absolute atomic E-state index is 0.0238. The van der Waals surface area contributed by atoms with Gasteiger partial charge >= 0.3 is 5.97 Å². The van der Waals surface area contributed by atoms with Gasteiger partial charge in [0.2, 0.25) is 0 Å². The van der Waals surface area contributed by atoms with Crippen molar-refractivity contribution in [2.75, 3.05) is 6.61 Å². The molecule has 7 heteroatoms. The first-order valence-electron chi connectivity index (χ1n) is 9.52. The van der Waals surface area contributed by atoms with Crippen LogP contribution in [0.2, 0.25) is 0 Å². The molecule has 0 saturated heterocycles. The summed E-state index contributed by atoms with van der Waals surface area (Å²) in [4.78, 5) is 11.7. The highest BCUT2D eigenvalue weighted by Gasteiger charge is 2.27. The summed E-state index contributed by atoms with van der Waals surface area (Å²) in [5, 5.41) is 0.679. The molecule has 3 nitrogen and oxygen atoms in total. The van der Waals surface area contributed by atoms with Gasteiger partial charge in [-0.1, -0.05) is 18.2 Å². The van der Waals surface area contributed by atoms with Crippen LogP contribution in [0, 0.1) is 23.3 Å². The molecule has 0 aliphatic rings. The van der Waals surface area contributed by atoms with Gasteiger partial charge in [0.25, 0.3) is 0 Å². The lowest BCUT2D eigenvalue weighted by atomic mass is 9.96. The number of halogens is 4. The zero-order valence-corrected chi connectivity index (χ0v) is 16.7. The number of hydrogen-bond acceptors (Lipinski definition) is 2. The maximum atomic E-state index is 14.9. The fourth-order valence-electron chi connectivity index (χ4n) is 3.56. The van der Waals surface area contributed by atoms with Crippen molar-refractivity contribution in [3.8, 4) is 22.3 Å². The van der Waals surface area contributed by atoms with E-state index in [9.17, 15) is 22.4 Å². The van der Waals surface area contributed by atoms with Crippen molar-refractivity contribution in [2.24, 2.45) is 7.05 Å². The number of rotatable bonds is 4. The quantitative estimate of drug-likeness (QED) is 0.219. The third-order valence-corrected chi connectivity index (χ3v) is 5.12. The summed E-state index contributed by atoms with van der Waals surface area (Å²) >= 11 is 0. The molecule has 0 fully saturated rings. The highest BCUT2D eigenvalue weighted by atomic mass is 19.2. The maximum absolute atomic E-state index is 14.9. The average Bonchev–Trinajstić information content (AvgIpc) is 3.13. The van der Waals surface area contributed by atoms with Crippen LogP contribution in [-0.2, 0) is 11.8 Å². The molecule has 3 aromatic carbocycles. The monoisotopic (exact) mass is 427 g/mol. The number of carbonyl (C=O) groups is 1. The van der Waals surface area contributed by atoms with Gasteiger partial charge in [-0.2, -0.15) is 0 Å². The van der Waals surface area contributed by atoms with Crippen LogP contribution >= 0.6 is 0 Å². The lowest BCUT2D eigenvalue weighted by Gasteiger charge is -2.13. The molecule has 31 heavy (non-hydrogen) atoms. The number of nitrogens with zero attached hydrogens (tertiary/aromatic N) is 1. The van der Waals surface area contributed by atoms with Crippen LogP contribution in [0.1, 0.15) is 17.3 Å². The Kier molecular flexibility index (Phi) is 5.27. The Morgan fingerprint density at radius 3 is 1.97 bits per heavy atom. The van der Waals surface area contributed by atoms with Crippen LogP contribution in [0.4, 0.5) is 17.6 Å². The van der Waals surface area contributed by atoms with Crippen molar-refractivity contribution in [1.82, 2.24) is 4.57 Å². The molecule has 0 amide bonds. The van der Waals surface area contributed by atoms with Crippen molar-refractivity contribution < 1.29 is 27.1 Å². The molecule has 0 radical (unpaired) electrons. The van der Waals surface area contributed by atoms with Gasteiger partial charge in [-0.15, -0.1) is 0 Å². The van der Waals surface area contributed by atoms with Crippen LogP contribution in [0.25, 0.3) is 33.2 Å². The number of fused-ring (bicyclic) bond motifs is 1. The lowest BCUT2D eigenvalue weighted by molar-refractivity contribution is 0.0526. The van der Waals surface area contributed by atoms with Gasteiger partial charge in [0.1, 0.15) is 0 Å². The van der Waals surface area contributed by atoms with E-state index >= 15 is 0 Å². The summed E-state index contributed by atoms with van der Waals surface area (Å²) in [5.74, 6) is -6.60. The standard InChI is InChI=1S/C24H17F4NO2/c1-3-31-24(30)14-6-4-13(5-7-14)18-20(25)22(27)19(23(28)21(18)26)16-8-9-17-15(12-16)10-11-29(17)2/h4-12H,3H2,1-2H3. The van der Waals surface area contributed by atoms with E-state index in [0.29, 0.717) is 5.39 Å². The largest absolute Gasteiger partial charge is 0.462 e. The molecule has 1 aromatic heterocycles. The van der Waals surface area contributed by atoms with Crippen LogP contribution in [0.5, 0.6) is 0 Å². The van der Waals surface area contributed by atoms with E-state index in [2.05, 4.69) is 0 Å². The summed E-state index contributed by atoms with van der Waals surface area (Å²) < 4.78 is 66.3. The lowest BCUT2D eigenvalue weighted by Crippen LogP contribution is -2.05. The molecule has 0 spiro atoms. The fourth-order valence-corrected chi connectivity index (χ4v) is 3.56. The summed E-state index contributed by atoms with van der Waals surface area (Å²) in [7, 11) is 1.81. The number of carbonyl (C=O) groups excluding carboxylic acids is 1. The Balaban J connectivity index is 1.82. The van der Waals surface area contributed by atoms with Crippen molar-refractivity contribution in [1.29, 1.82) is 0 Å². The Morgan fingerprint density at radius 2 is 1.39 bits per heavy atom. The SMILES string of the molecule is CCOC(=O)c1ccc(-c2c(F)c(F)c(-c3ccc4c(ccn4C)c3)c(F)c2F)cc1. The van der Waals surface area contributed by atoms with E-state index in [1.165, 1.54) is 36.4 Å². The molecular weight excluding hydrogens is 410 g/mol. The normalized spacial score (nSPS) is 11.2. The molecule has 0 saturated carbocycles. The highest BCUT2D eigenvalue weighted by molar-refractivity contribution is 5.90. The Hall–Kier alpha value is -3.61. The first-order valence-corrected chi connectivity index (χ1v) is 9.52. The molecule has 0 atom stereocenters. The van der Waals surface area contributed by atoms with Crippen molar-refractivity contribution in [3.05, 3.63) is 83.6 Å². The number of aromatic nitrogens is 1. The first kappa shape index (κ1) is 20.7. The third kappa shape index (κ3) is 3.46. The zero-order valence-electron chi connectivity index (χ0n) is 16.7. The molecular formula is C24H17F4NO2. The zero-order chi connectivity index (χ0) is 22.3. The van der Waals surface area contributed by atoms with E-state index in [4.69, 9.17) is 4.74 Å². The van der Waals surface area contributed by atoms with E-state index in [0.717, 1.165) is 5.52 Å². The van der Waals surface area contributed by atoms with Crippen molar-refractivity contribution >= 4 is 16.9 Å². The summed E-state index contributed by atoms with van der Waals surface area (Å²) in [6.45, 7) is 1.80. The van der Waals surface area contributed by atoms with E-state index in [1.807, 2.05) is 11.6 Å². The van der Waals surface area contributed by atoms with E-state index < -0.39 is 40.4 Å². The van der Waals surface area contributed by atoms with E-state index in [-0.39, 0.29) is 23.3 Å². The molecule has 4 aromatic rings. The molecule has 0 aliphatic carbocycles. The molecule has 0 unspecified atom stereocenters. The summed E-state index contributed by atoms with van der Waals surface area (Å²) in [5.41, 5.74) is -0.729. The molecule has 158 valence electrons. The van der Waals surface area contributed by atoms with Gasteiger partial charge in [-0.25, -0.2) is 22.4 Å². The topological polar surface area (TPSA) is 31.2 Å². The molecule has 0 aliphatic heterocycles. The van der Waals surface area contributed by atoms with Gasteiger partial charge in [-0.05, 0) is 48.4 Å². The van der Waals surface area contributed by atoms with Gasteiger partial charge in [0.15, 0.2) is 23.3 Å². The summed E-state index contributed by atoms with van der Waals surface area (Å²) in [6.07, 6.45) is 1.77. The Bertz CT molecular complexity index is 1280. The average molecular weight is 427 g/mol. The van der Waals surface area contributed by atoms with Gasteiger partial charge in [0.05, 0.1) is 23.3 Å². The minimum atomic E-state index is -1.51. The van der Waals surface area contributed by atoms with Crippen molar-refractivity contribution in [2.45, 2.75) is 6.92 Å². The van der Waals surface area contributed by atoms with Crippen LogP contribution in [-0.4, -0.2) is 17.1 Å². The molecule has 0 bridgehead atoms. The van der Waals surface area contributed by atoms with Crippen molar-refractivity contribution in [3.63, 3.8) is 0 Å².